The van der Waals surface area contributed by atoms with Crippen LogP contribution in [0.1, 0.15) is 52.3 Å². The first-order chi connectivity index (χ1) is 12.2. The number of aliphatic hydroxyl groups excluding tert-OH is 1. The Balaban J connectivity index is 1.76. The number of anilines is 1. The number of esters is 1. The van der Waals surface area contributed by atoms with Crippen molar-refractivity contribution in [2.45, 2.75) is 58.3 Å². The Bertz CT molecular complexity index is 819. The fourth-order valence-electron chi connectivity index (χ4n) is 3.08. The third kappa shape index (κ3) is 3.26. The maximum atomic E-state index is 12.2. The van der Waals surface area contributed by atoms with E-state index >= 15 is 0 Å². The van der Waals surface area contributed by atoms with Crippen molar-refractivity contribution in [2.24, 2.45) is 5.41 Å². The molecule has 3 rings (SSSR count). The molecular formula is C18H26N4O4. The second kappa shape index (κ2) is 6.51. The molecule has 2 aromatic rings. The number of carbonyl (C=O) groups excluding carboxylic acids is 1. The molecule has 0 radical (unpaired) electrons. The Hall–Kier alpha value is -2.19. The summed E-state index contributed by atoms with van der Waals surface area (Å²) in [5.41, 5.74) is 5.89. The van der Waals surface area contributed by atoms with E-state index in [4.69, 9.17) is 15.2 Å². The topological polar surface area (TPSA) is 112 Å². The minimum atomic E-state index is -0.772. The number of fused-ring (bicyclic) bond motifs is 1. The molecule has 0 spiro atoms. The summed E-state index contributed by atoms with van der Waals surface area (Å²) < 4.78 is 13.2. The van der Waals surface area contributed by atoms with Crippen LogP contribution < -0.4 is 5.73 Å². The van der Waals surface area contributed by atoms with E-state index in [0.29, 0.717) is 29.9 Å². The molecule has 8 heteroatoms. The number of aromatic nitrogens is 3. The Morgan fingerprint density at radius 1 is 1.54 bits per heavy atom. The van der Waals surface area contributed by atoms with Gasteiger partial charge in [-0.3, -0.25) is 4.79 Å². The van der Waals surface area contributed by atoms with E-state index < -0.39 is 23.2 Å². The van der Waals surface area contributed by atoms with Crippen molar-refractivity contribution in [3.05, 3.63) is 24.2 Å². The molecule has 0 saturated carbocycles. The van der Waals surface area contributed by atoms with E-state index in [0.717, 1.165) is 0 Å². The Morgan fingerprint density at radius 3 is 2.96 bits per heavy atom. The van der Waals surface area contributed by atoms with Gasteiger partial charge < -0.3 is 20.3 Å². The van der Waals surface area contributed by atoms with Gasteiger partial charge in [-0.05, 0) is 39.3 Å². The van der Waals surface area contributed by atoms with E-state index in [-0.39, 0.29) is 12.6 Å². The van der Waals surface area contributed by atoms with Crippen molar-refractivity contribution >= 4 is 17.3 Å². The monoisotopic (exact) mass is 362 g/mol. The van der Waals surface area contributed by atoms with Gasteiger partial charge in [-0.1, -0.05) is 6.92 Å². The zero-order valence-electron chi connectivity index (χ0n) is 15.6. The SMILES string of the molecule is CCC(C)(C)C(=O)OC[C@]1(C)C[C@@H](O)[C@H](c2ccc3c(N)ncnn23)O1. The maximum Gasteiger partial charge on any atom is 0.311 e. The lowest BCUT2D eigenvalue weighted by Gasteiger charge is -2.27. The van der Waals surface area contributed by atoms with Gasteiger partial charge in [0.1, 0.15) is 30.2 Å². The highest BCUT2D eigenvalue weighted by Crippen LogP contribution is 2.40. The minimum Gasteiger partial charge on any atom is -0.462 e. The summed E-state index contributed by atoms with van der Waals surface area (Å²) in [6, 6.07) is 3.60. The van der Waals surface area contributed by atoms with E-state index in [2.05, 4.69) is 10.1 Å². The molecule has 1 saturated heterocycles. The second-order valence-corrected chi connectivity index (χ2v) is 7.77. The fourth-order valence-corrected chi connectivity index (χ4v) is 3.08. The number of hydrogen-bond donors (Lipinski definition) is 2. The lowest BCUT2D eigenvalue weighted by molar-refractivity contribution is -0.164. The van der Waals surface area contributed by atoms with E-state index in [1.807, 2.05) is 33.8 Å². The fraction of sp³-hybridized carbons (Fsp3) is 0.611. The van der Waals surface area contributed by atoms with Gasteiger partial charge >= 0.3 is 5.97 Å². The third-order valence-electron chi connectivity index (χ3n) is 5.15. The largest absolute Gasteiger partial charge is 0.462 e. The minimum absolute atomic E-state index is 0.0866. The lowest BCUT2D eigenvalue weighted by Crippen LogP contribution is -2.35. The van der Waals surface area contributed by atoms with Crippen LogP contribution >= 0.6 is 0 Å². The normalized spacial score (nSPS) is 26.3. The van der Waals surface area contributed by atoms with Crippen LogP contribution in [-0.2, 0) is 14.3 Å². The van der Waals surface area contributed by atoms with Gasteiger partial charge in [0.15, 0.2) is 5.82 Å². The molecule has 0 unspecified atom stereocenters. The van der Waals surface area contributed by atoms with Crippen LogP contribution in [0.2, 0.25) is 0 Å². The van der Waals surface area contributed by atoms with Crippen molar-refractivity contribution in [1.82, 2.24) is 14.6 Å². The molecule has 142 valence electrons. The number of aliphatic hydroxyl groups is 1. The average Bonchev–Trinajstić information content (AvgIpc) is 3.14. The van der Waals surface area contributed by atoms with Crippen LogP contribution in [-0.4, -0.2) is 44.0 Å². The predicted octanol–water partition coefficient (Wildman–Crippen LogP) is 1.87. The van der Waals surface area contributed by atoms with Crippen LogP contribution in [0.15, 0.2) is 18.5 Å². The summed E-state index contributed by atoms with van der Waals surface area (Å²) in [5.74, 6) is 0.0913. The Kier molecular flexibility index (Phi) is 4.66. The maximum absolute atomic E-state index is 12.2. The van der Waals surface area contributed by atoms with Crippen molar-refractivity contribution in [1.29, 1.82) is 0 Å². The molecule has 8 nitrogen and oxygen atoms in total. The smallest absolute Gasteiger partial charge is 0.311 e. The highest BCUT2D eigenvalue weighted by molar-refractivity contribution is 5.75. The molecular weight excluding hydrogens is 336 g/mol. The van der Waals surface area contributed by atoms with E-state index in [1.165, 1.54) is 6.33 Å². The summed E-state index contributed by atoms with van der Waals surface area (Å²) in [6.45, 7) is 7.56. The van der Waals surface area contributed by atoms with Crippen LogP contribution in [0, 0.1) is 5.41 Å². The molecule has 2 aromatic heterocycles. The highest BCUT2D eigenvalue weighted by Gasteiger charge is 2.46. The van der Waals surface area contributed by atoms with Crippen molar-refractivity contribution < 1.29 is 19.4 Å². The van der Waals surface area contributed by atoms with Crippen molar-refractivity contribution in [2.75, 3.05) is 12.3 Å². The molecule has 0 aromatic carbocycles. The van der Waals surface area contributed by atoms with Gasteiger partial charge in [0.2, 0.25) is 0 Å². The zero-order valence-corrected chi connectivity index (χ0v) is 15.6. The van der Waals surface area contributed by atoms with Crippen LogP contribution in [0.4, 0.5) is 5.82 Å². The molecule has 0 amide bonds. The number of rotatable bonds is 5. The van der Waals surface area contributed by atoms with Crippen molar-refractivity contribution in [3.8, 4) is 0 Å². The molecule has 26 heavy (non-hydrogen) atoms. The Labute approximate surface area is 152 Å². The standard InChI is InChI=1S/C18H26N4O4/c1-5-17(2,3)16(24)25-9-18(4)8-13(23)14(26-18)11-6-7-12-15(19)20-10-21-22(11)12/h6-7,10,13-14,23H,5,8-9H2,1-4H3,(H2,19,20,21)/t13-,14+,18+/m1/s1. The van der Waals surface area contributed by atoms with Crippen LogP contribution in [0.5, 0.6) is 0 Å². The molecule has 3 atom stereocenters. The molecule has 0 aliphatic carbocycles. The van der Waals surface area contributed by atoms with Gasteiger partial charge in [0.05, 0.1) is 17.2 Å². The Morgan fingerprint density at radius 2 is 2.27 bits per heavy atom. The average molecular weight is 362 g/mol. The molecule has 3 N–H and O–H groups in total. The summed E-state index contributed by atoms with van der Waals surface area (Å²) in [4.78, 5) is 16.2. The molecule has 1 fully saturated rings. The van der Waals surface area contributed by atoms with Gasteiger partial charge in [0, 0.05) is 6.42 Å². The number of ether oxygens (including phenoxy) is 2. The molecule has 1 aliphatic heterocycles. The first kappa shape index (κ1) is 18.6. The van der Waals surface area contributed by atoms with E-state index in [9.17, 15) is 9.90 Å². The highest BCUT2D eigenvalue weighted by atomic mass is 16.6. The number of nitrogens with zero attached hydrogens (tertiary/aromatic N) is 3. The first-order valence-electron chi connectivity index (χ1n) is 8.78. The van der Waals surface area contributed by atoms with Gasteiger partial charge in [-0.15, -0.1) is 0 Å². The number of hydrogen-bond acceptors (Lipinski definition) is 7. The predicted molar refractivity (Wildman–Crippen MR) is 95.3 cm³/mol. The van der Waals surface area contributed by atoms with Gasteiger partial charge in [-0.25, -0.2) is 9.50 Å². The summed E-state index contributed by atoms with van der Waals surface area (Å²) in [5, 5.41) is 14.7. The summed E-state index contributed by atoms with van der Waals surface area (Å²) in [7, 11) is 0. The second-order valence-electron chi connectivity index (χ2n) is 7.77. The van der Waals surface area contributed by atoms with Gasteiger partial charge in [-0.2, -0.15) is 5.10 Å². The first-order valence-corrected chi connectivity index (χ1v) is 8.78. The van der Waals surface area contributed by atoms with Gasteiger partial charge in [0.25, 0.3) is 0 Å². The molecule has 1 aliphatic rings. The van der Waals surface area contributed by atoms with Crippen LogP contribution in [0.25, 0.3) is 5.52 Å². The summed E-state index contributed by atoms with van der Waals surface area (Å²) >= 11 is 0. The number of carbonyl (C=O) groups is 1. The van der Waals surface area contributed by atoms with E-state index in [1.54, 1.807) is 10.6 Å². The lowest BCUT2D eigenvalue weighted by atomic mass is 9.90. The summed E-state index contributed by atoms with van der Waals surface area (Å²) in [6.07, 6.45) is 1.07. The van der Waals surface area contributed by atoms with Crippen molar-refractivity contribution in [3.63, 3.8) is 0 Å². The third-order valence-corrected chi connectivity index (χ3v) is 5.15. The number of nitrogen functional groups attached to an aromatic ring is 1. The molecule has 0 bridgehead atoms. The zero-order chi connectivity index (χ0) is 19.1. The number of nitrogens with two attached hydrogens (primary N) is 1. The van der Waals surface area contributed by atoms with Crippen LogP contribution in [0.3, 0.4) is 0 Å². The quantitative estimate of drug-likeness (QED) is 0.781. The molecule has 3 heterocycles.